The third kappa shape index (κ3) is 3.27. The van der Waals surface area contributed by atoms with E-state index in [9.17, 15) is 4.79 Å². The van der Waals surface area contributed by atoms with E-state index in [4.69, 9.17) is 14.2 Å². The van der Waals surface area contributed by atoms with Gasteiger partial charge in [0.1, 0.15) is 0 Å². The second-order valence-electron chi connectivity index (χ2n) is 3.37. The van der Waals surface area contributed by atoms with Gasteiger partial charge in [0, 0.05) is 6.07 Å². The number of anilines is 1. The summed E-state index contributed by atoms with van der Waals surface area (Å²) in [6, 6.07) is 3.49. The van der Waals surface area contributed by atoms with Crippen molar-refractivity contribution in [2.75, 3.05) is 26.1 Å². The Balaban J connectivity index is 2.96. The van der Waals surface area contributed by atoms with E-state index in [1.807, 2.05) is 6.92 Å². The van der Waals surface area contributed by atoms with Gasteiger partial charge in [0.15, 0.2) is 11.5 Å². The Hall–Kier alpha value is -1.91. The Labute approximate surface area is 101 Å². The third-order valence-corrected chi connectivity index (χ3v) is 2.24. The molecule has 0 bridgehead atoms. The molecular formula is C12H17NO4. The quantitative estimate of drug-likeness (QED) is 0.877. The summed E-state index contributed by atoms with van der Waals surface area (Å²) in [5.74, 6) is 1.18. The van der Waals surface area contributed by atoms with Crippen LogP contribution in [0.4, 0.5) is 10.5 Å². The van der Waals surface area contributed by atoms with E-state index in [1.165, 1.54) is 0 Å². The van der Waals surface area contributed by atoms with Crippen LogP contribution in [0.3, 0.4) is 0 Å². The molecule has 0 unspecified atom stereocenters. The minimum atomic E-state index is -0.484. The molecule has 5 heteroatoms. The first-order valence-corrected chi connectivity index (χ1v) is 5.28. The van der Waals surface area contributed by atoms with Crippen LogP contribution in [0.25, 0.3) is 0 Å². The maximum Gasteiger partial charge on any atom is 0.411 e. The number of amides is 1. The van der Waals surface area contributed by atoms with Gasteiger partial charge in [-0.2, -0.15) is 0 Å². The molecule has 1 N–H and O–H groups in total. The summed E-state index contributed by atoms with van der Waals surface area (Å²) in [4.78, 5) is 11.3. The number of rotatable bonds is 4. The van der Waals surface area contributed by atoms with Crippen molar-refractivity contribution in [3.63, 3.8) is 0 Å². The number of hydrogen-bond donors (Lipinski definition) is 1. The standard InChI is InChI=1S/C12H17NO4/c1-5-17-12(14)13-9-7-11(16-4)10(15-3)6-8(9)2/h6-7H,5H2,1-4H3,(H,13,14). The number of nitrogens with one attached hydrogen (secondary N) is 1. The summed E-state index contributed by atoms with van der Waals surface area (Å²) >= 11 is 0. The van der Waals surface area contributed by atoms with Crippen molar-refractivity contribution >= 4 is 11.8 Å². The Bertz CT molecular complexity index is 404. The zero-order valence-electron chi connectivity index (χ0n) is 10.5. The Kier molecular flexibility index (Phi) is 4.63. The monoisotopic (exact) mass is 239 g/mol. The van der Waals surface area contributed by atoms with Crippen LogP contribution in [-0.4, -0.2) is 26.9 Å². The molecule has 1 aromatic carbocycles. The lowest BCUT2D eigenvalue weighted by molar-refractivity contribution is 0.168. The lowest BCUT2D eigenvalue weighted by Gasteiger charge is -2.13. The molecule has 0 spiro atoms. The first-order valence-electron chi connectivity index (χ1n) is 5.28. The second kappa shape index (κ2) is 5.98. The first-order chi connectivity index (χ1) is 8.12. The van der Waals surface area contributed by atoms with E-state index >= 15 is 0 Å². The van der Waals surface area contributed by atoms with E-state index in [1.54, 1.807) is 33.3 Å². The number of benzene rings is 1. The molecule has 0 aliphatic carbocycles. The Morgan fingerprint density at radius 3 is 2.35 bits per heavy atom. The van der Waals surface area contributed by atoms with Crippen LogP contribution in [0.1, 0.15) is 12.5 Å². The number of carbonyl (C=O) groups excluding carboxylic acids is 1. The number of carbonyl (C=O) groups is 1. The maximum atomic E-state index is 11.3. The zero-order chi connectivity index (χ0) is 12.8. The van der Waals surface area contributed by atoms with Crippen LogP contribution in [-0.2, 0) is 4.74 Å². The van der Waals surface area contributed by atoms with E-state index in [0.717, 1.165) is 5.56 Å². The van der Waals surface area contributed by atoms with E-state index in [-0.39, 0.29) is 0 Å². The zero-order valence-corrected chi connectivity index (χ0v) is 10.5. The van der Waals surface area contributed by atoms with Crippen molar-refractivity contribution in [2.24, 2.45) is 0 Å². The smallest absolute Gasteiger partial charge is 0.411 e. The minimum absolute atomic E-state index is 0.332. The van der Waals surface area contributed by atoms with Gasteiger partial charge >= 0.3 is 6.09 Å². The summed E-state index contributed by atoms with van der Waals surface area (Å²) in [6.07, 6.45) is -0.484. The highest BCUT2D eigenvalue weighted by atomic mass is 16.5. The van der Waals surface area contributed by atoms with Gasteiger partial charge in [0.2, 0.25) is 0 Å². The molecule has 17 heavy (non-hydrogen) atoms. The van der Waals surface area contributed by atoms with Crippen molar-refractivity contribution in [1.82, 2.24) is 0 Å². The molecule has 1 amide bonds. The Morgan fingerprint density at radius 1 is 1.24 bits per heavy atom. The summed E-state index contributed by atoms with van der Waals surface area (Å²) < 4.78 is 15.1. The average molecular weight is 239 g/mol. The van der Waals surface area contributed by atoms with E-state index < -0.39 is 6.09 Å². The fourth-order valence-electron chi connectivity index (χ4n) is 1.39. The second-order valence-corrected chi connectivity index (χ2v) is 3.37. The molecule has 0 fully saturated rings. The molecule has 0 saturated heterocycles. The third-order valence-electron chi connectivity index (χ3n) is 2.24. The topological polar surface area (TPSA) is 56.8 Å². The lowest BCUT2D eigenvalue weighted by atomic mass is 10.2. The molecule has 1 rings (SSSR count). The fraction of sp³-hybridized carbons (Fsp3) is 0.417. The molecule has 5 nitrogen and oxygen atoms in total. The van der Waals surface area contributed by atoms with Crippen molar-refractivity contribution in [2.45, 2.75) is 13.8 Å². The molecular weight excluding hydrogens is 222 g/mol. The predicted octanol–water partition coefficient (Wildman–Crippen LogP) is 2.58. The molecule has 0 radical (unpaired) electrons. The summed E-state index contributed by atoms with van der Waals surface area (Å²) in [5, 5.41) is 2.64. The van der Waals surface area contributed by atoms with Gasteiger partial charge < -0.3 is 14.2 Å². The number of ether oxygens (including phenoxy) is 3. The highest BCUT2D eigenvalue weighted by Crippen LogP contribution is 2.32. The van der Waals surface area contributed by atoms with Gasteiger partial charge in [-0.05, 0) is 25.5 Å². The summed E-state index contributed by atoms with van der Waals surface area (Å²) in [5.41, 5.74) is 1.51. The number of aryl methyl sites for hydroxylation is 1. The minimum Gasteiger partial charge on any atom is -0.493 e. The first kappa shape index (κ1) is 13.2. The van der Waals surface area contributed by atoms with Crippen LogP contribution in [0, 0.1) is 6.92 Å². The number of hydrogen-bond acceptors (Lipinski definition) is 4. The van der Waals surface area contributed by atoms with Crippen LogP contribution in [0.2, 0.25) is 0 Å². The van der Waals surface area contributed by atoms with Crippen LogP contribution in [0.5, 0.6) is 11.5 Å². The molecule has 0 aliphatic rings. The normalized spacial score (nSPS) is 9.65. The molecule has 94 valence electrons. The van der Waals surface area contributed by atoms with Gasteiger partial charge in [-0.15, -0.1) is 0 Å². The van der Waals surface area contributed by atoms with Crippen molar-refractivity contribution in [3.05, 3.63) is 17.7 Å². The largest absolute Gasteiger partial charge is 0.493 e. The summed E-state index contributed by atoms with van der Waals surface area (Å²) in [6.45, 7) is 3.95. The van der Waals surface area contributed by atoms with Gasteiger partial charge in [-0.1, -0.05) is 0 Å². The molecule has 0 atom stereocenters. The van der Waals surface area contributed by atoms with Gasteiger partial charge in [-0.3, -0.25) is 5.32 Å². The van der Waals surface area contributed by atoms with E-state index in [0.29, 0.717) is 23.8 Å². The summed E-state index contributed by atoms with van der Waals surface area (Å²) in [7, 11) is 3.11. The van der Waals surface area contributed by atoms with Crippen LogP contribution in [0.15, 0.2) is 12.1 Å². The van der Waals surface area contributed by atoms with Gasteiger partial charge in [0.25, 0.3) is 0 Å². The average Bonchev–Trinajstić information content (AvgIpc) is 2.31. The van der Waals surface area contributed by atoms with E-state index in [2.05, 4.69) is 5.32 Å². The lowest BCUT2D eigenvalue weighted by Crippen LogP contribution is -2.14. The molecule has 0 saturated carbocycles. The van der Waals surface area contributed by atoms with Crippen LogP contribution >= 0.6 is 0 Å². The highest BCUT2D eigenvalue weighted by molar-refractivity contribution is 5.86. The van der Waals surface area contributed by atoms with Crippen LogP contribution < -0.4 is 14.8 Å². The highest BCUT2D eigenvalue weighted by Gasteiger charge is 2.10. The predicted molar refractivity (Wildman–Crippen MR) is 64.9 cm³/mol. The Morgan fingerprint density at radius 2 is 1.82 bits per heavy atom. The SMILES string of the molecule is CCOC(=O)Nc1cc(OC)c(OC)cc1C. The fourth-order valence-corrected chi connectivity index (χ4v) is 1.39. The molecule has 0 aliphatic heterocycles. The van der Waals surface area contributed by atoms with Crippen molar-refractivity contribution < 1.29 is 19.0 Å². The molecule has 0 aromatic heterocycles. The molecule has 1 aromatic rings. The van der Waals surface area contributed by atoms with Crippen molar-refractivity contribution in [3.8, 4) is 11.5 Å². The van der Waals surface area contributed by atoms with Gasteiger partial charge in [-0.25, -0.2) is 4.79 Å². The number of methoxy groups -OCH3 is 2. The van der Waals surface area contributed by atoms with Gasteiger partial charge in [0.05, 0.1) is 26.5 Å². The maximum absolute atomic E-state index is 11.3. The van der Waals surface area contributed by atoms with Crippen molar-refractivity contribution in [1.29, 1.82) is 0 Å². The molecule has 0 heterocycles.